The number of fused-ring (bicyclic) bond motifs is 1. The van der Waals surface area contributed by atoms with Crippen LogP contribution in [0.4, 0.5) is 0 Å². The van der Waals surface area contributed by atoms with Crippen LogP contribution >= 0.6 is 0 Å². The lowest BCUT2D eigenvalue weighted by molar-refractivity contribution is -0.122. The summed E-state index contributed by atoms with van der Waals surface area (Å²) in [6.45, 7) is 7.70. The summed E-state index contributed by atoms with van der Waals surface area (Å²) in [6.07, 6.45) is 0. The molecule has 2 aromatic heterocycles. The molecule has 6 heteroatoms. The lowest BCUT2D eigenvalue weighted by Gasteiger charge is -2.16. The molecule has 2 heterocycles. The van der Waals surface area contributed by atoms with Gasteiger partial charge in [0, 0.05) is 11.5 Å². The molecule has 2 aromatic carbocycles. The number of rotatable bonds is 5. The second-order valence-electron chi connectivity index (χ2n) is 7.98. The van der Waals surface area contributed by atoms with E-state index in [1.165, 1.54) is 4.57 Å². The van der Waals surface area contributed by atoms with Gasteiger partial charge in [-0.05, 0) is 51.0 Å². The van der Waals surface area contributed by atoms with Crippen LogP contribution in [0.15, 0.2) is 65.5 Å². The number of aryl methyl sites for hydroxylation is 3. The van der Waals surface area contributed by atoms with Crippen LogP contribution in [0.2, 0.25) is 0 Å². The molecule has 0 aliphatic heterocycles. The van der Waals surface area contributed by atoms with Crippen molar-refractivity contribution in [2.45, 2.75) is 40.3 Å². The van der Waals surface area contributed by atoms with E-state index < -0.39 is 0 Å². The van der Waals surface area contributed by atoms with Crippen molar-refractivity contribution in [1.29, 1.82) is 0 Å². The van der Waals surface area contributed by atoms with Gasteiger partial charge >= 0.3 is 0 Å². The Kier molecular flexibility index (Phi) is 5.46. The molecule has 31 heavy (non-hydrogen) atoms. The summed E-state index contributed by atoms with van der Waals surface area (Å²) >= 11 is 0. The van der Waals surface area contributed by atoms with Gasteiger partial charge in [0.2, 0.25) is 5.91 Å². The molecule has 1 unspecified atom stereocenters. The van der Waals surface area contributed by atoms with E-state index >= 15 is 0 Å². The van der Waals surface area contributed by atoms with E-state index in [9.17, 15) is 9.59 Å². The largest absolute Gasteiger partial charge is 0.348 e. The standard InChI is InChI=1S/C25H26N4O2/c1-16-10-12-21(13-11-16)29-25-24(19(4)27-29)17(2)14-23(31)28(25)15-22(30)26-18(3)20-8-6-5-7-9-20/h5-14,18H,15H2,1-4H3,(H,26,30). The highest BCUT2D eigenvalue weighted by atomic mass is 16.2. The van der Waals surface area contributed by atoms with Gasteiger partial charge in [0.25, 0.3) is 5.56 Å². The van der Waals surface area contributed by atoms with Crippen molar-refractivity contribution in [1.82, 2.24) is 19.7 Å². The molecule has 4 aromatic rings. The van der Waals surface area contributed by atoms with Gasteiger partial charge in [-0.25, -0.2) is 4.68 Å². The lowest BCUT2D eigenvalue weighted by Crippen LogP contribution is -2.34. The molecule has 0 aliphatic rings. The van der Waals surface area contributed by atoms with Crippen molar-refractivity contribution in [3.63, 3.8) is 0 Å². The molecule has 4 rings (SSSR count). The quantitative estimate of drug-likeness (QED) is 0.537. The van der Waals surface area contributed by atoms with Crippen molar-refractivity contribution in [2.75, 3.05) is 0 Å². The number of aromatic nitrogens is 3. The smallest absolute Gasteiger partial charge is 0.252 e. The minimum Gasteiger partial charge on any atom is -0.348 e. The second kappa shape index (κ2) is 8.22. The third-order valence-corrected chi connectivity index (χ3v) is 5.55. The topological polar surface area (TPSA) is 68.9 Å². The summed E-state index contributed by atoms with van der Waals surface area (Å²) in [5.41, 5.74) is 5.08. The Morgan fingerprint density at radius 2 is 1.71 bits per heavy atom. The zero-order valence-corrected chi connectivity index (χ0v) is 18.2. The summed E-state index contributed by atoms with van der Waals surface area (Å²) in [6, 6.07) is 19.1. The van der Waals surface area contributed by atoms with Gasteiger partial charge in [0.1, 0.15) is 12.2 Å². The minimum absolute atomic E-state index is 0.0796. The Bertz CT molecular complexity index is 1300. The Labute approximate surface area is 181 Å². The third kappa shape index (κ3) is 4.01. The highest BCUT2D eigenvalue weighted by Gasteiger charge is 2.19. The molecule has 0 spiro atoms. The first-order valence-corrected chi connectivity index (χ1v) is 10.4. The number of hydrogen-bond donors (Lipinski definition) is 1. The molecule has 0 fully saturated rings. The van der Waals surface area contributed by atoms with Gasteiger partial charge in [-0.1, -0.05) is 48.0 Å². The molecule has 6 nitrogen and oxygen atoms in total. The van der Waals surface area contributed by atoms with Crippen LogP contribution in [-0.2, 0) is 11.3 Å². The van der Waals surface area contributed by atoms with E-state index in [1.54, 1.807) is 10.7 Å². The Hall–Kier alpha value is -3.67. The molecular weight excluding hydrogens is 388 g/mol. The Morgan fingerprint density at radius 3 is 2.39 bits per heavy atom. The molecule has 0 aliphatic carbocycles. The van der Waals surface area contributed by atoms with Crippen LogP contribution in [-0.4, -0.2) is 20.3 Å². The van der Waals surface area contributed by atoms with Crippen molar-refractivity contribution in [3.05, 3.63) is 93.4 Å². The summed E-state index contributed by atoms with van der Waals surface area (Å²) in [5, 5.41) is 8.58. The van der Waals surface area contributed by atoms with E-state index in [0.717, 1.165) is 33.5 Å². The molecular formula is C25H26N4O2. The molecule has 0 radical (unpaired) electrons. The Balaban J connectivity index is 1.76. The molecule has 1 amide bonds. The number of pyridine rings is 1. The highest BCUT2D eigenvalue weighted by Crippen LogP contribution is 2.24. The van der Waals surface area contributed by atoms with E-state index in [4.69, 9.17) is 5.10 Å². The lowest BCUT2D eigenvalue weighted by atomic mass is 10.1. The van der Waals surface area contributed by atoms with Crippen LogP contribution in [0.3, 0.4) is 0 Å². The molecule has 1 N–H and O–H groups in total. The third-order valence-electron chi connectivity index (χ3n) is 5.55. The fourth-order valence-corrected chi connectivity index (χ4v) is 3.94. The molecule has 1 atom stereocenters. The van der Waals surface area contributed by atoms with Gasteiger partial charge in [-0.15, -0.1) is 0 Å². The zero-order valence-electron chi connectivity index (χ0n) is 18.2. The monoisotopic (exact) mass is 414 g/mol. The van der Waals surface area contributed by atoms with Crippen LogP contribution in [0.1, 0.15) is 35.3 Å². The van der Waals surface area contributed by atoms with E-state index in [2.05, 4.69) is 5.32 Å². The Morgan fingerprint density at radius 1 is 1.03 bits per heavy atom. The summed E-state index contributed by atoms with van der Waals surface area (Å²) in [7, 11) is 0. The maximum absolute atomic E-state index is 12.9. The number of amides is 1. The average molecular weight is 415 g/mol. The average Bonchev–Trinajstić information content (AvgIpc) is 3.09. The van der Waals surface area contributed by atoms with Gasteiger partial charge in [-0.3, -0.25) is 14.2 Å². The molecule has 0 saturated heterocycles. The summed E-state index contributed by atoms with van der Waals surface area (Å²) in [4.78, 5) is 25.8. The molecule has 0 bridgehead atoms. The minimum atomic E-state index is -0.224. The summed E-state index contributed by atoms with van der Waals surface area (Å²) in [5.74, 6) is -0.224. The van der Waals surface area contributed by atoms with Crippen molar-refractivity contribution < 1.29 is 4.79 Å². The number of benzene rings is 2. The predicted molar refractivity (Wildman–Crippen MR) is 123 cm³/mol. The molecule has 158 valence electrons. The number of carbonyl (C=O) groups is 1. The van der Waals surface area contributed by atoms with Crippen LogP contribution < -0.4 is 10.9 Å². The van der Waals surface area contributed by atoms with Crippen LogP contribution in [0.5, 0.6) is 0 Å². The van der Waals surface area contributed by atoms with Gasteiger partial charge in [0.15, 0.2) is 0 Å². The second-order valence-corrected chi connectivity index (χ2v) is 7.98. The van der Waals surface area contributed by atoms with Crippen molar-refractivity contribution in [3.8, 4) is 5.69 Å². The first-order valence-electron chi connectivity index (χ1n) is 10.4. The van der Waals surface area contributed by atoms with Crippen LogP contribution in [0, 0.1) is 20.8 Å². The summed E-state index contributed by atoms with van der Waals surface area (Å²) < 4.78 is 3.27. The fraction of sp³-hybridized carbons (Fsp3) is 0.240. The van der Waals surface area contributed by atoms with E-state index in [0.29, 0.717) is 5.65 Å². The number of nitrogens with zero attached hydrogens (tertiary/aromatic N) is 3. The van der Waals surface area contributed by atoms with Crippen molar-refractivity contribution >= 4 is 16.9 Å². The molecule has 0 saturated carbocycles. The van der Waals surface area contributed by atoms with E-state index in [1.807, 2.05) is 82.3 Å². The number of nitrogens with one attached hydrogen (secondary N) is 1. The first kappa shape index (κ1) is 20.6. The van der Waals surface area contributed by atoms with E-state index in [-0.39, 0.29) is 24.1 Å². The highest BCUT2D eigenvalue weighted by molar-refractivity contribution is 5.85. The zero-order chi connectivity index (χ0) is 22.1. The normalized spacial score (nSPS) is 12.1. The maximum atomic E-state index is 12.9. The maximum Gasteiger partial charge on any atom is 0.252 e. The van der Waals surface area contributed by atoms with Gasteiger partial charge < -0.3 is 5.32 Å². The number of carbonyl (C=O) groups excluding carboxylic acids is 1. The van der Waals surface area contributed by atoms with Gasteiger partial charge in [0.05, 0.1) is 17.4 Å². The number of hydrogen-bond acceptors (Lipinski definition) is 3. The van der Waals surface area contributed by atoms with Gasteiger partial charge in [-0.2, -0.15) is 5.10 Å². The fourth-order valence-electron chi connectivity index (χ4n) is 3.94. The predicted octanol–water partition coefficient (Wildman–Crippen LogP) is 3.99. The first-order chi connectivity index (χ1) is 14.8. The van der Waals surface area contributed by atoms with Crippen molar-refractivity contribution in [2.24, 2.45) is 0 Å². The SMILES string of the molecule is Cc1ccc(-n2nc(C)c3c(C)cc(=O)n(CC(=O)NC(C)c4ccccc4)c32)cc1. The van der Waals surface area contributed by atoms with Crippen LogP contribution in [0.25, 0.3) is 16.7 Å².